The summed E-state index contributed by atoms with van der Waals surface area (Å²) in [4.78, 5) is 52.8. The molecule has 38 heavy (non-hydrogen) atoms. The van der Waals surface area contributed by atoms with Gasteiger partial charge in [-0.2, -0.15) is 0 Å². The first-order valence-corrected chi connectivity index (χ1v) is 12.0. The van der Waals surface area contributed by atoms with Gasteiger partial charge < -0.3 is 25.1 Å². The number of amides is 4. The number of fused-ring (bicyclic) bond motifs is 1. The van der Waals surface area contributed by atoms with Crippen LogP contribution >= 0.6 is 0 Å². The van der Waals surface area contributed by atoms with Crippen LogP contribution in [0.15, 0.2) is 47.6 Å². The maximum Gasteiger partial charge on any atom is 0.323 e. The summed E-state index contributed by atoms with van der Waals surface area (Å²) in [6, 6.07) is 11.4. The molecule has 5 rings (SSSR count). The Morgan fingerprint density at radius 3 is 2.47 bits per heavy atom. The highest BCUT2D eigenvalue weighted by molar-refractivity contribution is 6.10. The number of ether oxygens (including phenoxy) is 1. The molecule has 3 N–H and O–H groups in total. The number of carbonyl (C=O) groups is 4. The van der Waals surface area contributed by atoms with Crippen molar-refractivity contribution in [2.75, 3.05) is 26.7 Å². The number of benzene rings is 2. The zero-order valence-electron chi connectivity index (χ0n) is 20.6. The molecule has 3 aliphatic heterocycles. The van der Waals surface area contributed by atoms with Crippen LogP contribution in [0.2, 0.25) is 0 Å². The number of carbonyl (C=O) groups excluding carboxylic acids is 4. The Morgan fingerprint density at radius 2 is 1.84 bits per heavy atom. The Balaban J connectivity index is 1.36. The van der Waals surface area contributed by atoms with Crippen LogP contribution in [0.1, 0.15) is 39.9 Å². The van der Waals surface area contributed by atoms with Crippen molar-refractivity contribution in [2.24, 2.45) is 5.16 Å². The van der Waals surface area contributed by atoms with Crippen molar-refractivity contribution in [1.82, 2.24) is 20.4 Å². The molecule has 0 aliphatic carbocycles. The van der Waals surface area contributed by atoms with Crippen molar-refractivity contribution in [2.45, 2.75) is 24.9 Å². The maximum absolute atomic E-state index is 13.1. The SMILES string of the molecule is COc1ccc2c(c1)C(=O)N(C[C@@]1(C#Cc3ccc(C(=NO)N4CCC(=O)CC4)cc3)NC(=O)NC1=O)C2. The van der Waals surface area contributed by atoms with E-state index in [0.29, 0.717) is 54.2 Å². The Hall–Kier alpha value is -4.85. The molecule has 0 radical (unpaired) electrons. The molecule has 2 aromatic carbocycles. The summed E-state index contributed by atoms with van der Waals surface area (Å²) in [6.45, 7) is 1.08. The van der Waals surface area contributed by atoms with Crippen LogP contribution in [-0.2, 0) is 16.1 Å². The van der Waals surface area contributed by atoms with Gasteiger partial charge >= 0.3 is 6.03 Å². The van der Waals surface area contributed by atoms with E-state index >= 15 is 0 Å². The lowest BCUT2D eigenvalue weighted by Crippen LogP contribution is -2.54. The number of oxime groups is 1. The largest absolute Gasteiger partial charge is 0.497 e. The van der Waals surface area contributed by atoms with Gasteiger partial charge in [-0.25, -0.2) is 4.79 Å². The molecule has 11 heteroatoms. The maximum atomic E-state index is 13.1. The van der Waals surface area contributed by atoms with E-state index in [2.05, 4.69) is 27.6 Å². The van der Waals surface area contributed by atoms with Crippen LogP contribution in [0, 0.1) is 11.8 Å². The molecule has 2 fully saturated rings. The van der Waals surface area contributed by atoms with Gasteiger partial charge in [0.2, 0.25) is 5.54 Å². The number of ketones is 1. The average Bonchev–Trinajstić information content (AvgIpc) is 3.38. The molecular weight excluding hydrogens is 490 g/mol. The summed E-state index contributed by atoms with van der Waals surface area (Å²) in [5.74, 6) is 5.98. The minimum Gasteiger partial charge on any atom is -0.497 e. The van der Waals surface area contributed by atoms with Gasteiger partial charge in [-0.05, 0) is 42.0 Å². The van der Waals surface area contributed by atoms with E-state index < -0.39 is 17.5 Å². The molecule has 2 saturated heterocycles. The topological polar surface area (TPSA) is 141 Å². The van der Waals surface area contributed by atoms with Crippen molar-refractivity contribution in [3.8, 4) is 17.6 Å². The molecule has 0 spiro atoms. The average molecular weight is 516 g/mol. The summed E-state index contributed by atoms with van der Waals surface area (Å²) >= 11 is 0. The second kappa shape index (κ2) is 9.89. The van der Waals surface area contributed by atoms with E-state index in [9.17, 15) is 24.4 Å². The van der Waals surface area contributed by atoms with Crippen LogP contribution in [0.5, 0.6) is 5.75 Å². The van der Waals surface area contributed by atoms with E-state index in [1.54, 1.807) is 42.5 Å². The molecule has 0 bridgehead atoms. The van der Waals surface area contributed by atoms with E-state index in [4.69, 9.17) is 4.74 Å². The van der Waals surface area contributed by atoms with Crippen LogP contribution in [0.25, 0.3) is 0 Å². The number of Topliss-reactive ketones (excluding diaryl/α,β-unsaturated/α-hetero) is 1. The quantitative estimate of drug-likeness (QED) is 0.138. The molecular formula is C27H25N5O6. The number of imide groups is 1. The number of rotatable bonds is 4. The third kappa shape index (κ3) is 4.64. The van der Waals surface area contributed by atoms with Crippen LogP contribution in [0.3, 0.4) is 0 Å². The first-order chi connectivity index (χ1) is 18.3. The standard InChI is InChI=1S/C27H25N5O6/c1-38-21-7-6-19-15-32(24(34)22(19)14-21)16-27(25(35)28-26(36)29-27)11-8-17-2-4-18(5-3-17)23(30-37)31-12-9-20(33)10-13-31/h2-7,14,37H,9-10,12-13,15-16H2,1H3,(H2,28,29,35,36)/t27-/m1/s1. The summed E-state index contributed by atoms with van der Waals surface area (Å²) in [5, 5.41) is 17.8. The van der Waals surface area contributed by atoms with E-state index in [1.165, 1.54) is 12.0 Å². The van der Waals surface area contributed by atoms with Gasteiger partial charge in [0.05, 0.1) is 13.7 Å². The number of nitrogens with one attached hydrogen (secondary N) is 2. The number of hydrogen-bond acceptors (Lipinski definition) is 7. The highest BCUT2D eigenvalue weighted by atomic mass is 16.5. The van der Waals surface area contributed by atoms with E-state index in [0.717, 1.165) is 5.56 Å². The molecule has 0 saturated carbocycles. The van der Waals surface area contributed by atoms with Crippen LogP contribution in [-0.4, -0.2) is 76.8 Å². The predicted octanol–water partition coefficient (Wildman–Crippen LogP) is 1.08. The van der Waals surface area contributed by atoms with Gasteiger partial charge in [-0.3, -0.25) is 19.7 Å². The number of hydrogen-bond donors (Lipinski definition) is 3. The first-order valence-electron chi connectivity index (χ1n) is 12.0. The van der Waals surface area contributed by atoms with Crippen LogP contribution in [0.4, 0.5) is 4.79 Å². The van der Waals surface area contributed by atoms with Crippen molar-refractivity contribution < 1.29 is 29.1 Å². The minimum absolute atomic E-state index is 0.138. The third-order valence-corrected chi connectivity index (χ3v) is 6.84. The molecule has 3 heterocycles. The lowest BCUT2D eigenvalue weighted by Gasteiger charge is -2.28. The highest BCUT2D eigenvalue weighted by Crippen LogP contribution is 2.28. The zero-order valence-corrected chi connectivity index (χ0v) is 20.6. The van der Waals surface area contributed by atoms with E-state index in [1.807, 2.05) is 4.90 Å². The Morgan fingerprint density at radius 1 is 1.11 bits per heavy atom. The second-order valence-corrected chi connectivity index (χ2v) is 9.27. The first kappa shape index (κ1) is 24.8. The number of methoxy groups -OCH3 is 1. The zero-order chi connectivity index (χ0) is 26.9. The monoisotopic (exact) mass is 515 g/mol. The molecule has 0 unspecified atom stereocenters. The molecule has 3 aliphatic rings. The van der Waals surface area contributed by atoms with Gasteiger partial charge in [0.25, 0.3) is 11.8 Å². The van der Waals surface area contributed by atoms with Gasteiger partial charge in [0.15, 0.2) is 5.84 Å². The fraction of sp³-hybridized carbons (Fsp3) is 0.296. The fourth-order valence-corrected chi connectivity index (χ4v) is 4.76. The summed E-state index contributed by atoms with van der Waals surface area (Å²) < 4.78 is 5.21. The van der Waals surface area contributed by atoms with E-state index in [-0.39, 0.29) is 24.8 Å². The minimum atomic E-state index is -1.63. The number of urea groups is 1. The Kier molecular flexibility index (Phi) is 6.46. The van der Waals surface area contributed by atoms with Crippen LogP contribution < -0.4 is 15.4 Å². The number of likely N-dealkylation sites (tertiary alicyclic amines) is 1. The molecule has 194 valence electrons. The lowest BCUT2D eigenvalue weighted by molar-refractivity contribution is -0.122. The number of amidine groups is 1. The highest BCUT2D eigenvalue weighted by Gasteiger charge is 2.48. The molecule has 0 aromatic heterocycles. The molecule has 4 amide bonds. The van der Waals surface area contributed by atoms with Gasteiger partial charge in [-0.1, -0.05) is 23.1 Å². The third-order valence-electron chi connectivity index (χ3n) is 6.84. The predicted molar refractivity (Wildman–Crippen MR) is 135 cm³/mol. The number of piperidine rings is 1. The van der Waals surface area contributed by atoms with Crippen molar-refractivity contribution in [1.29, 1.82) is 0 Å². The fourth-order valence-electron chi connectivity index (χ4n) is 4.76. The molecule has 11 nitrogen and oxygen atoms in total. The lowest BCUT2D eigenvalue weighted by atomic mass is 9.98. The molecule has 2 aromatic rings. The Labute approximate surface area is 218 Å². The Bertz CT molecular complexity index is 1410. The smallest absolute Gasteiger partial charge is 0.323 e. The summed E-state index contributed by atoms with van der Waals surface area (Å²) in [7, 11) is 1.52. The van der Waals surface area contributed by atoms with Gasteiger partial charge in [0.1, 0.15) is 11.5 Å². The normalized spacial score (nSPS) is 21.0. The van der Waals surface area contributed by atoms with Gasteiger partial charge in [0, 0.05) is 49.2 Å². The van der Waals surface area contributed by atoms with Crippen molar-refractivity contribution in [3.63, 3.8) is 0 Å². The van der Waals surface area contributed by atoms with Crippen molar-refractivity contribution >= 4 is 29.5 Å². The second-order valence-electron chi connectivity index (χ2n) is 9.27. The van der Waals surface area contributed by atoms with Gasteiger partial charge in [-0.15, -0.1) is 0 Å². The molecule has 1 atom stereocenters. The summed E-state index contributed by atoms with van der Waals surface area (Å²) in [6.07, 6.45) is 0.799. The number of nitrogens with zero attached hydrogens (tertiary/aromatic N) is 3. The summed E-state index contributed by atoms with van der Waals surface area (Å²) in [5.41, 5.74) is 0.833. The van der Waals surface area contributed by atoms with Crippen molar-refractivity contribution in [3.05, 3.63) is 64.7 Å².